The minimum atomic E-state index is -0.119. The standard InChI is InChI=1S/C20H25N5O2/c1-13-9-19(24-17(22-13)5-4-8-27-3)25-12-20(6-7-20)15-11-21-18(10-16(15)25)23-14(2)26/h9-11H,4-8,12H2,1-3H3,(H,21,23,26). The second-order valence-corrected chi connectivity index (χ2v) is 7.51. The molecule has 1 N–H and O–H groups in total. The molecule has 7 nitrogen and oxygen atoms in total. The third-order valence-corrected chi connectivity index (χ3v) is 5.28. The molecule has 1 aliphatic heterocycles. The number of aryl methyl sites for hydroxylation is 2. The lowest BCUT2D eigenvalue weighted by molar-refractivity contribution is -0.114. The Bertz CT molecular complexity index is 879. The lowest BCUT2D eigenvalue weighted by atomic mass is 10.0. The molecule has 2 aromatic rings. The van der Waals surface area contributed by atoms with Crippen molar-refractivity contribution >= 4 is 23.2 Å². The molecule has 4 rings (SSSR count). The van der Waals surface area contributed by atoms with Crippen LogP contribution in [-0.2, 0) is 21.4 Å². The van der Waals surface area contributed by atoms with Gasteiger partial charge < -0.3 is 15.0 Å². The number of aromatic nitrogens is 3. The van der Waals surface area contributed by atoms with Crippen LogP contribution >= 0.6 is 0 Å². The number of carbonyl (C=O) groups is 1. The summed E-state index contributed by atoms with van der Waals surface area (Å²) in [5.41, 5.74) is 3.49. The van der Waals surface area contributed by atoms with Gasteiger partial charge in [0.2, 0.25) is 5.91 Å². The summed E-state index contributed by atoms with van der Waals surface area (Å²) in [4.78, 5) is 27.5. The second kappa shape index (κ2) is 6.88. The van der Waals surface area contributed by atoms with Crippen LogP contribution in [0.25, 0.3) is 0 Å². The lowest BCUT2D eigenvalue weighted by Crippen LogP contribution is -2.21. The van der Waals surface area contributed by atoms with Gasteiger partial charge in [-0.1, -0.05) is 0 Å². The minimum absolute atomic E-state index is 0.119. The van der Waals surface area contributed by atoms with Crippen molar-refractivity contribution in [3.05, 3.63) is 35.4 Å². The van der Waals surface area contributed by atoms with Crippen molar-refractivity contribution in [2.75, 3.05) is 30.5 Å². The highest BCUT2D eigenvalue weighted by atomic mass is 16.5. The number of ether oxygens (including phenoxy) is 1. The van der Waals surface area contributed by atoms with Gasteiger partial charge in [-0.25, -0.2) is 15.0 Å². The van der Waals surface area contributed by atoms with Gasteiger partial charge in [0.25, 0.3) is 0 Å². The Hall–Kier alpha value is -2.54. The van der Waals surface area contributed by atoms with Crippen molar-refractivity contribution in [1.82, 2.24) is 15.0 Å². The topological polar surface area (TPSA) is 80.2 Å². The maximum absolute atomic E-state index is 11.4. The molecule has 1 saturated carbocycles. The maximum Gasteiger partial charge on any atom is 0.222 e. The number of nitrogens with zero attached hydrogens (tertiary/aromatic N) is 4. The van der Waals surface area contributed by atoms with Crippen molar-refractivity contribution < 1.29 is 9.53 Å². The van der Waals surface area contributed by atoms with E-state index in [1.54, 1.807) is 7.11 Å². The zero-order valence-electron chi connectivity index (χ0n) is 16.1. The molecule has 0 bridgehead atoms. The average Bonchev–Trinajstić information content (AvgIpc) is 3.32. The Morgan fingerprint density at radius 2 is 2.15 bits per heavy atom. The van der Waals surface area contributed by atoms with Gasteiger partial charge in [0, 0.05) is 68.6 Å². The van der Waals surface area contributed by atoms with E-state index in [-0.39, 0.29) is 11.3 Å². The molecule has 1 amide bonds. The van der Waals surface area contributed by atoms with E-state index in [0.717, 1.165) is 42.4 Å². The molecule has 1 spiro atoms. The molecule has 3 heterocycles. The zero-order valence-corrected chi connectivity index (χ0v) is 16.1. The van der Waals surface area contributed by atoms with E-state index >= 15 is 0 Å². The van der Waals surface area contributed by atoms with Crippen LogP contribution < -0.4 is 10.2 Å². The molecule has 2 aliphatic rings. The Morgan fingerprint density at radius 3 is 2.85 bits per heavy atom. The van der Waals surface area contributed by atoms with E-state index in [0.29, 0.717) is 12.4 Å². The summed E-state index contributed by atoms with van der Waals surface area (Å²) in [6.45, 7) is 5.11. The predicted molar refractivity (Wildman–Crippen MR) is 103 cm³/mol. The predicted octanol–water partition coefficient (Wildman–Crippen LogP) is 2.90. The summed E-state index contributed by atoms with van der Waals surface area (Å²) >= 11 is 0. The number of rotatable bonds is 6. The molecule has 2 aromatic heterocycles. The number of carbonyl (C=O) groups excluding carboxylic acids is 1. The normalized spacial score (nSPS) is 16.5. The van der Waals surface area contributed by atoms with Gasteiger partial charge >= 0.3 is 0 Å². The fraction of sp³-hybridized carbons (Fsp3) is 0.500. The van der Waals surface area contributed by atoms with E-state index in [9.17, 15) is 4.79 Å². The summed E-state index contributed by atoms with van der Waals surface area (Å²) in [7, 11) is 1.71. The number of amides is 1. The average molecular weight is 367 g/mol. The summed E-state index contributed by atoms with van der Waals surface area (Å²) in [6, 6.07) is 4.00. The van der Waals surface area contributed by atoms with E-state index in [1.807, 2.05) is 25.3 Å². The Kier molecular flexibility index (Phi) is 4.55. The van der Waals surface area contributed by atoms with Gasteiger partial charge in [0.15, 0.2) is 0 Å². The molecular formula is C20H25N5O2. The van der Waals surface area contributed by atoms with Gasteiger partial charge in [-0.3, -0.25) is 4.79 Å². The minimum Gasteiger partial charge on any atom is -0.385 e. The first-order valence-electron chi connectivity index (χ1n) is 9.40. The van der Waals surface area contributed by atoms with E-state index in [4.69, 9.17) is 9.72 Å². The smallest absolute Gasteiger partial charge is 0.222 e. The molecule has 0 aromatic carbocycles. The van der Waals surface area contributed by atoms with Crippen molar-refractivity contribution in [2.24, 2.45) is 0 Å². The Morgan fingerprint density at radius 1 is 1.33 bits per heavy atom. The first-order chi connectivity index (χ1) is 13.0. The van der Waals surface area contributed by atoms with Crippen LogP contribution in [0, 0.1) is 6.92 Å². The Balaban J connectivity index is 1.68. The molecule has 0 radical (unpaired) electrons. The summed E-state index contributed by atoms with van der Waals surface area (Å²) in [5.74, 6) is 2.22. The maximum atomic E-state index is 11.4. The highest BCUT2D eigenvalue weighted by molar-refractivity contribution is 5.89. The van der Waals surface area contributed by atoms with Crippen LogP contribution in [-0.4, -0.2) is 41.1 Å². The molecule has 0 unspecified atom stereocenters. The van der Waals surface area contributed by atoms with Gasteiger partial charge in [-0.05, 0) is 26.2 Å². The third kappa shape index (κ3) is 3.51. The number of hydrogen-bond acceptors (Lipinski definition) is 6. The summed E-state index contributed by atoms with van der Waals surface area (Å²) < 4.78 is 5.14. The molecule has 0 saturated heterocycles. The molecular weight excluding hydrogens is 342 g/mol. The van der Waals surface area contributed by atoms with E-state index < -0.39 is 0 Å². The fourth-order valence-electron chi connectivity index (χ4n) is 3.82. The number of fused-ring (bicyclic) bond motifs is 2. The van der Waals surface area contributed by atoms with Gasteiger partial charge in [0.05, 0.1) is 5.69 Å². The first-order valence-corrected chi connectivity index (χ1v) is 9.40. The van der Waals surface area contributed by atoms with Crippen LogP contribution in [0.15, 0.2) is 18.3 Å². The second-order valence-electron chi connectivity index (χ2n) is 7.51. The van der Waals surface area contributed by atoms with Crippen molar-refractivity contribution in [2.45, 2.75) is 44.9 Å². The van der Waals surface area contributed by atoms with E-state index in [2.05, 4.69) is 20.2 Å². The van der Waals surface area contributed by atoms with Crippen molar-refractivity contribution in [3.63, 3.8) is 0 Å². The summed E-state index contributed by atoms with van der Waals surface area (Å²) in [5, 5.41) is 2.79. The van der Waals surface area contributed by atoms with Crippen LogP contribution in [0.4, 0.5) is 17.3 Å². The van der Waals surface area contributed by atoms with Crippen molar-refractivity contribution in [3.8, 4) is 0 Å². The van der Waals surface area contributed by atoms with Crippen LogP contribution in [0.2, 0.25) is 0 Å². The largest absolute Gasteiger partial charge is 0.385 e. The monoisotopic (exact) mass is 367 g/mol. The highest BCUT2D eigenvalue weighted by Gasteiger charge is 2.52. The molecule has 142 valence electrons. The van der Waals surface area contributed by atoms with Gasteiger partial charge in [-0.15, -0.1) is 0 Å². The lowest BCUT2D eigenvalue weighted by Gasteiger charge is -2.20. The molecule has 1 aliphatic carbocycles. The number of anilines is 3. The fourth-order valence-corrected chi connectivity index (χ4v) is 3.82. The van der Waals surface area contributed by atoms with Crippen LogP contribution in [0.3, 0.4) is 0 Å². The highest BCUT2D eigenvalue weighted by Crippen LogP contribution is 2.57. The molecule has 0 atom stereocenters. The Labute approximate surface area is 159 Å². The van der Waals surface area contributed by atoms with E-state index in [1.165, 1.54) is 25.3 Å². The number of pyridine rings is 1. The molecule has 1 fully saturated rings. The quantitative estimate of drug-likeness (QED) is 0.791. The van der Waals surface area contributed by atoms with Gasteiger partial charge in [0.1, 0.15) is 17.5 Å². The summed E-state index contributed by atoms with van der Waals surface area (Å²) in [6.07, 6.45) is 5.95. The van der Waals surface area contributed by atoms with Crippen LogP contribution in [0.5, 0.6) is 0 Å². The number of methoxy groups -OCH3 is 1. The zero-order chi connectivity index (χ0) is 19.0. The SMILES string of the molecule is COCCCc1nc(C)cc(N2CC3(CC3)c3cnc(NC(C)=O)cc32)n1. The third-order valence-electron chi connectivity index (χ3n) is 5.28. The van der Waals surface area contributed by atoms with Gasteiger partial charge in [-0.2, -0.15) is 0 Å². The van der Waals surface area contributed by atoms with Crippen molar-refractivity contribution in [1.29, 1.82) is 0 Å². The number of hydrogen-bond donors (Lipinski definition) is 1. The van der Waals surface area contributed by atoms with Crippen LogP contribution in [0.1, 0.15) is 43.3 Å². The first kappa shape index (κ1) is 17.9. The number of nitrogens with one attached hydrogen (secondary N) is 1. The molecule has 7 heteroatoms. The molecule has 27 heavy (non-hydrogen) atoms.